The van der Waals surface area contributed by atoms with E-state index >= 15 is 0 Å². The van der Waals surface area contributed by atoms with Gasteiger partial charge in [0.15, 0.2) is 0 Å². The summed E-state index contributed by atoms with van der Waals surface area (Å²) in [6, 6.07) is 21.8. The predicted octanol–water partition coefficient (Wildman–Crippen LogP) is 3.33. The average molecular weight is 556 g/mol. The number of amides is 3. The minimum atomic E-state index is -1.38. The first-order valence-electron chi connectivity index (χ1n) is 13.2. The van der Waals surface area contributed by atoms with Crippen molar-refractivity contribution in [2.24, 2.45) is 4.99 Å². The smallest absolute Gasteiger partial charge is 0.344 e. The number of anilines is 2. The van der Waals surface area contributed by atoms with Gasteiger partial charge in [-0.05, 0) is 43.5 Å². The van der Waals surface area contributed by atoms with Gasteiger partial charge in [-0.2, -0.15) is 0 Å². The van der Waals surface area contributed by atoms with Gasteiger partial charge in [0, 0.05) is 23.4 Å². The summed E-state index contributed by atoms with van der Waals surface area (Å²) in [4.78, 5) is 62.8. The Balaban J connectivity index is 1.47. The second kappa shape index (κ2) is 12.0. The molecule has 3 amide bonds. The number of para-hydroxylation sites is 1. The fourth-order valence-electron chi connectivity index (χ4n) is 4.91. The number of hydroxylamine groups is 2. The van der Waals surface area contributed by atoms with Crippen molar-refractivity contribution in [3.63, 3.8) is 0 Å². The van der Waals surface area contributed by atoms with Crippen LogP contribution in [0.2, 0.25) is 0 Å². The highest BCUT2D eigenvalue weighted by atomic mass is 16.7. The lowest BCUT2D eigenvalue weighted by Crippen LogP contribution is -2.50. The average Bonchev–Trinajstić information content (AvgIpc) is 3.38. The van der Waals surface area contributed by atoms with Crippen LogP contribution in [0.3, 0.4) is 0 Å². The van der Waals surface area contributed by atoms with Crippen LogP contribution in [-0.4, -0.2) is 65.1 Å². The van der Waals surface area contributed by atoms with Crippen LogP contribution >= 0.6 is 0 Å². The molecular formula is C30H29N5O6. The number of aliphatic carboxylic acids is 1. The number of carbonyl (C=O) groups excluding carboxylic acids is 3. The molecule has 2 aliphatic rings. The lowest BCUT2D eigenvalue weighted by Gasteiger charge is -2.26. The number of fused-ring (bicyclic) bond motifs is 1. The number of nitrogens with one attached hydrogen (secondary N) is 2. The Morgan fingerprint density at radius 3 is 2.54 bits per heavy atom. The molecule has 1 saturated heterocycles. The van der Waals surface area contributed by atoms with Crippen LogP contribution in [-0.2, 0) is 19.2 Å². The van der Waals surface area contributed by atoms with E-state index in [1.165, 1.54) is 4.90 Å². The molecule has 0 aliphatic carbocycles. The zero-order chi connectivity index (χ0) is 28.9. The first-order valence-corrected chi connectivity index (χ1v) is 13.2. The molecule has 0 aromatic heterocycles. The number of benzene rings is 3. The maximum Gasteiger partial charge on any atom is 0.344 e. The highest BCUT2D eigenvalue weighted by Gasteiger charge is 2.37. The van der Waals surface area contributed by atoms with Crippen LogP contribution < -0.4 is 15.5 Å². The van der Waals surface area contributed by atoms with Gasteiger partial charge >= 0.3 is 18.0 Å². The largest absolute Gasteiger partial charge is 0.480 e. The molecule has 11 nitrogen and oxygen atoms in total. The van der Waals surface area contributed by atoms with Gasteiger partial charge in [-0.1, -0.05) is 60.7 Å². The normalized spacial score (nSPS) is 18.6. The molecule has 210 valence electrons. The number of carboxylic acid groups (broad SMARTS) is 1. The van der Waals surface area contributed by atoms with Gasteiger partial charge in [-0.15, -0.1) is 5.06 Å². The third kappa shape index (κ3) is 6.25. The van der Waals surface area contributed by atoms with E-state index < -0.39 is 42.6 Å². The van der Waals surface area contributed by atoms with Gasteiger partial charge in [-0.25, -0.2) is 14.6 Å². The molecule has 3 aromatic carbocycles. The van der Waals surface area contributed by atoms with E-state index in [0.717, 1.165) is 10.6 Å². The summed E-state index contributed by atoms with van der Waals surface area (Å²) in [7, 11) is 0. The van der Waals surface area contributed by atoms with Crippen LogP contribution in [0.5, 0.6) is 0 Å². The Kier molecular flexibility index (Phi) is 8.06. The zero-order valence-electron chi connectivity index (χ0n) is 22.3. The third-order valence-electron chi connectivity index (χ3n) is 6.79. The summed E-state index contributed by atoms with van der Waals surface area (Å²) >= 11 is 0. The van der Waals surface area contributed by atoms with Crippen molar-refractivity contribution >= 4 is 41.0 Å². The number of rotatable bonds is 7. The molecular weight excluding hydrogens is 526 g/mol. The molecule has 0 bridgehead atoms. The molecule has 3 aromatic rings. The molecule has 2 heterocycles. The van der Waals surface area contributed by atoms with Gasteiger partial charge in [0.05, 0.1) is 11.4 Å². The predicted molar refractivity (Wildman–Crippen MR) is 151 cm³/mol. The van der Waals surface area contributed by atoms with E-state index in [1.54, 1.807) is 42.5 Å². The zero-order valence-corrected chi connectivity index (χ0v) is 22.3. The number of hydrogen-bond donors (Lipinski definition) is 3. The van der Waals surface area contributed by atoms with Gasteiger partial charge in [-0.3, -0.25) is 14.5 Å². The summed E-state index contributed by atoms with van der Waals surface area (Å²) in [5, 5.41) is 15.9. The molecule has 0 spiro atoms. The third-order valence-corrected chi connectivity index (χ3v) is 6.79. The first-order chi connectivity index (χ1) is 19.8. The van der Waals surface area contributed by atoms with Crippen LogP contribution in [0.15, 0.2) is 83.9 Å². The summed E-state index contributed by atoms with van der Waals surface area (Å²) in [5.41, 5.74) is 3.63. The van der Waals surface area contributed by atoms with Gasteiger partial charge in [0.1, 0.15) is 12.6 Å². The second-order valence-electron chi connectivity index (χ2n) is 9.76. The van der Waals surface area contributed by atoms with Crippen molar-refractivity contribution in [3.8, 4) is 0 Å². The van der Waals surface area contributed by atoms with E-state index in [-0.39, 0.29) is 6.54 Å². The lowest BCUT2D eigenvalue weighted by atomic mass is 10.0. The topological polar surface area (TPSA) is 141 Å². The standard InChI is InChI=1S/C30H29N5O6/c1-19-9-7-12-21(17-19)31-30(40)33-27-28(37)34(18-25(36)41-35-16-8-15-24(35)29(38)39)23-14-6-5-13-22(23)26(32-27)20-10-3-2-4-11-20/h2-7,9-14,17,24,27H,8,15-16,18H2,1H3,(H,38,39)(H2,31,33,40)/t24-,27?/m1/s1. The first kappa shape index (κ1) is 27.5. The van der Waals surface area contributed by atoms with Crippen LogP contribution in [0.25, 0.3) is 0 Å². The molecule has 1 unspecified atom stereocenters. The van der Waals surface area contributed by atoms with E-state index in [2.05, 4.69) is 15.6 Å². The summed E-state index contributed by atoms with van der Waals surface area (Å²) < 4.78 is 0. The molecule has 1 fully saturated rings. The molecule has 0 saturated carbocycles. The minimum absolute atomic E-state index is 0.276. The van der Waals surface area contributed by atoms with Crippen LogP contribution in [0.4, 0.5) is 16.2 Å². The number of benzodiazepines with no additional fused rings is 1. The second-order valence-corrected chi connectivity index (χ2v) is 9.76. The lowest BCUT2D eigenvalue weighted by molar-refractivity contribution is -0.197. The van der Waals surface area contributed by atoms with Crippen molar-refractivity contribution in [1.29, 1.82) is 0 Å². The van der Waals surface area contributed by atoms with E-state index in [0.29, 0.717) is 41.1 Å². The SMILES string of the molecule is Cc1cccc(NC(=O)NC2N=C(c3ccccc3)c3ccccc3N(CC(=O)ON3CCC[C@@H]3C(=O)O)C2=O)c1. The molecule has 0 radical (unpaired) electrons. The number of hydrogen-bond acceptors (Lipinski definition) is 7. The van der Waals surface area contributed by atoms with Gasteiger partial charge in [0.25, 0.3) is 5.91 Å². The summed E-state index contributed by atoms with van der Waals surface area (Å²) in [6.45, 7) is 1.65. The fraction of sp³-hybridized carbons (Fsp3) is 0.233. The monoisotopic (exact) mass is 555 g/mol. The Bertz CT molecular complexity index is 1510. The number of aryl methyl sites for hydroxylation is 1. The van der Waals surface area contributed by atoms with E-state index in [1.807, 2.05) is 43.3 Å². The van der Waals surface area contributed by atoms with E-state index in [9.17, 15) is 24.3 Å². The number of carbonyl (C=O) groups is 4. The number of carboxylic acids is 1. The quantitative estimate of drug-likeness (QED) is 0.406. The highest BCUT2D eigenvalue weighted by molar-refractivity contribution is 6.21. The molecule has 41 heavy (non-hydrogen) atoms. The van der Waals surface area contributed by atoms with Gasteiger partial charge < -0.3 is 20.6 Å². The summed E-state index contributed by atoms with van der Waals surface area (Å²) in [5.74, 6) is -2.56. The van der Waals surface area contributed by atoms with Crippen molar-refractivity contribution in [3.05, 3.63) is 95.6 Å². The molecule has 2 atom stereocenters. The minimum Gasteiger partial charge on any atom is -0.480 e. The number of nitrogens with zero attached hydrogens (tertiary/aromatic N) is 3. The van der Waals surface area contributed by atoms with Crippen molar-refractivity contribution < 1.29 is 29.1 Å². The maximum atomic E-state index is 13.9. The number of urea groups is 1. The van der Waals surface area contributed by atoms with Crippen molar-refractivity contribution in [1.82, 2.24) is 10.4 Å². The Hall–Kier alpha value is -5.03. The Morgan fingerprint density at radius 2 is 1.78 bits per heavy atom. The van der Waals surface area contributed by atoms with Gasteiger partial charge in [0.2, 0.25) is 6.17 Å². The maximum absolute atomic E-state index is 13.9. The fourth-order valence-corrected chi connectivity index (χ4v) is 4.91. The van der Waals surface area contributed by atoms with E-state index in [4.69, 9.17) is 4.84 Å². The molecule has 11 heteroatoms. The highest BCUT2D eigenvalue weighted by Crippen LogP contribution is 2.28. The Labute approximate surface area is 236 Å². The molecule has 3 N–H and O–H groups in total. The van der Waals surface area contributed by atoms with Crippen molar-refractivity contribution in [2.45, 2.75) is 32.0 Å². The number of aliphatic imine (C=N–C) groups is 1. The van der Waals surface area contributed by atoms with Crippen LogP contribution in [0, 0.1) is 6.92 Å². The Morgan fingerprint density at radius 1 is 1.02 bits per heavy atom. The molecule has 2 aliphatic heterocycles. The molecule has 5 rings (SSSR count). The van der Waals surface area contributed by atoms with Crippen molar-refractivity contribution in [2.75, 3.05) is 23.3 Å². The van der Waals surface area contributed by atoms with Crippen LogP contribution in [0.1, 0.15) is 29.5 Å². The summed E-state index contributed by atoms with van der Waals surface area (Å²) in [6.07, 6.45) is -0.468.